The minimum atomic E-state index is -3.81. The molecule has 1 fully saturated rings. The molecule has 0 bridgehead atoms. The van der Waals surface area contributed by atoms with Crippen molar-refractivity contribution < 1.29 is 28.2 Å². The highest BCUT2D eigenvalue weighted by Crippen LogP contribution is 2.30. The standard InChI is InChI=1S/C13H18N6O7S/c1-27(24,25)17-9(22)4-18-7-3-15-12(14)16-10(7)19(13(18)23)11-8(21)2-6(5-20)26-11/h3,6,8,11,20-21H,2,4-5H2,1H3,(H,17,22)(H2,14,15,16)/t6-,8+,11+/m0/s1. The predicted molar refractivity (Wildman–Crippen MR) is 90.8 cm³/mol. The molecule has 3 heterocycles. The van der Waals surface area contributed by atoms with Gasteiger partial charge in [0.25, 0.3) is 5.91 Å². The van der Waals surface area contributed by atoms with Crippen LogP contribution < -0.4 is 16.1 Å². The summed E-state index contributed by atoms with van der Waals surface area (Å²) in [7, 11) is -3.81. The van der Waals surface area contributed by atoms with Crippen molar-refractivity contribution in [2.45, 2.75) is 31.4 Å². The Bertz CT molecular complexity index is 1050. The van der Waals surface area contributed by atoms with E-state index in [1.165, 1.54) is 6.20 Å². The lowest BCUT2D eigenvalue weighted by Crippen LogP contribution is -2.37. The van der Waals surface area contributed by atoms with Crippen LogP contribution in [-0.2, 0) is 26.1 Å². The van der Waals surface area contributed by atoms with Gasteiger partial charge < -0.3 is 20.7 Å². The van der Waals surface area contributed by atoms with Gasteiger partial charge in [-0.3, -0.25) is 14.1 Å². The molecular formula is C13H18N6O7S. The van der Waals surface area contributed by atoms with Crippen molar-refractivity contribution in [1.29, 1.82) is 0 Å². The van der Waals surface area contributed by atoms with Gasteiger partial charge in [-0.25, -0.2) is 22.8 Å². The Labute approximate surface area is 152 Å². The van der Waals surface area contributed by atoms with Crippen molar-refractivity contribution in [3.8, 4) is 0 Å². The molecule has 0 saturated carbocycles. The lowest BCUT2D eigenvalue weighted by atomic mass is 10.2. The van der Waals surface area contributed by atoms with Crippen molar-refractivity contribution in [1.82, 2.24) is 23.8 Å². The molecule has 13 nitrogen and oxygen atoms in total. The zero-order valence-electron chi connectivity index (χ0n) is 14.1. The fraction of sp³-hybridized carbons (Fsp3) is 0.538. The van der Waals surface area contributed by atoms with Crippen LogP contribution in [0.2, 0.25) is 0 Å². The van der Waals surface area contributed by atoms with Gasteiger partial charge in [0.15, 0.2) is 11.9 Å². The van der Waals surface area contributed by atoms with Crippen LogP contribution in [0, 0.1) is 0 Å². The Morgan fingerprint density at radius 3 is 2.81 bits per heavy atom. The third-order valence-corrected chi connectivity index (χ3v) is 4.55. The Kier molecular flexibility index (Phi) is 4.90. The van der Waals surface area contributed by atoms with E-state index >= 15 is 0 Å². The van der Waals surface area contributed by atoms with Crippen LogP contribution >= 0.6 is 0 Å². The molecule has 0 radical (unpaired) electrons. The van der Waals surface area contributed by atoms with Gasteiger partial charge in [0.05, 0.1) is 25.2 Å². The summed E-state index contributed by atoms with van der Waals surface area (Å²) in [5.74, 6) is -1.10. The van der Waals surface area contributed by atoms with E-state index in [9.17, 15) is 28.2 Å². The second-order valence-electron chi connectivity index (χ2n) is 6.11. The number of amides is 1. The van der Waals surface area contributed by atoms with E-state index in [2.05, 4.69) is 9.97 Å². The Morgan fingerprint density at radius 1 is 1.52 bits per heavy atom. The quantitative estimate of drug-likeness (QED) is 0.398. The highest BCUT2D eigenvalue weighted by atomic mass is 32.2. The number of aliphatic hydroxyl groups excluding tert-OH is 2. The Hall–Kier alpha value is -2.55. The maximum absolute atomic E-state index is 12.9. The first-order valence-corrected chi connectivity index (χ1v) is 9.68. The normalized spacial score (nSPS) is 23.0. The van der Waals surface area contributed by atoms with Gasteiger partial charge in [0, 0.05) is 6.42 Å². The van der Waals surface area contributed by atoms with E-state index in [4.69, 9.17) is 10.5 Å². The summed E-state index contributed by atoms with van der Waals surface area (Å²) in [5.41, 5.74) is 4.89. The number of carbonyl (C=O) groups is 1. The average Bonchev–Trinajstić information content (AvgIpc) is 3.03. The molecular weight excluding hydrogens is 384 g/mol. The van der Waals surface area contributed by atoms with Gasteiger partial charge >= 0.3 is 5.69 Å². The van der Waals surface area contributed by atoms with E-state index in [1.54, 1.807) is 4.72 Å². The molecule has 2 aromatic heterocycles. The SMILES string of the molecule is CS(=O)(=O)NC(=O)Cn1c(=O)n([C@@H]2O[C@H](CO)C[C@H]2O)c2nc(N)ncc21. The number of fused-ring (bicyclic) bond motifs is 1. The van der Waals surface area contributed by atoms with Crippen LogP contribution in [0.1, 0.15) is 12.6 Å². The fourth-order valence-electron chi connectivity index (χ4n) is 2.92. The first-order chi connectivity index (χ1) is 12.6. The van der Waals surface area contributed by atoms with Crippen molar-refractivity contribution in [3.05, 3.63) is 16.7 Å². The van der Waals surface area contributed by atoms with Gasteiger partial charge in [-0.2, -0.15) is 4.98 Å². The summed E-state index contributed by atoms with van der Waals surface area (Å²) in [6.07, 6.45) is -0.851. The van der Waals surface area contributed by atoms with E-state index in [0.29, 0.717) is 0 Å². The molecule has 27 heavy (non-hydrogen) atoms. The van der Waals surface area contributed by atoms with Crippen molar-refractivity contribution in [2.24, 2.45) is 0 Å². The zero-order chi connectivity index (χ0) is 19.9. The number of nitrogen functional groups attached to an aromatic ring is 1. The van der Waals surface area contributed by atoms with E-state index < -0.39 is 46.6 Å². The van der Waals surface area contributed by atoms with Gasteiger partial charge in [0.1, 0.15) is 18.2 Å². The molecule has 0 unspecified atom stereocenters. The number of sulfonamides is 1. The molecule has 3 atom stereocenters. The van der Waals surface area contributed by atoms with Gasteiger partial charge in [-0.05, 0) is 0 Å². The van der Waals surface area contributed by atoms with E-state index in [0.717, 1.165) is 15.4 Å². The maximum atomic E-state index is 12.9. The topological polar surface area (TPSA) is 192 Å². The summed E-state index contributed by atoms with van der Waals surface area (Å²) in [5, 5.41) is 19.4. The summed E-state index contributed by atoms with van der Waals surface area (Å²) >= 11 is 0. The molecule has 3 rings (SSSR count). The molecule has 2 aromatic rings. The highest BCUT2D eigenvalue weighted by molar-refractivity contribution is 7.89. The highest BCUT2D eigenvalue weighted by Gasteiger charge is 2.38. The minimum Gasteiger partial charge on any atom is -0.394 e. The molecule has 0 spiro atoms. The van der Waals surface area contributed by atoms with Gasteiger partial charge in [0.2, 0.25) is 16.0 Å². The predicted octanol–water partition coefficient (Wildman–Crippen LogP) is -3.11. The van der Waals surface area contributed by atoms with Crippen LogP contribution in [0.15, 0.2) is 11.0 Å². The Morgan fingerprint density at radius 2 is 2.22 bits per heavy atom. The molecule has 148 valence electrons. The first-order valence-electron chi connectivity index (χ1n) is 7.79. The first kappa shape index (κ1) is 19.2. The lowest BCUT2D eigenvalue weighted by Gasteiger charge is -2.15. The van der Waals surface area contributed by atoms with Crippen LogP contribution in [-0.4, -0.2) is 68.7 Å². The number of ether oxygens (including phenoxy) is 1. The fourth-order valence-corrected chi connectivity index (χ4v) is 3.39. The van der Waals surface area contributed by atoms with Crippen LogP contribution in [0.4, 0.5) is 5.95 Å². The lowest BCUT2D eigenvalue weighted by molar-refractivity contribution is -0.119. The molecule has 0 aliphatic carbocycles. The smallest absolute Gasteiger partial charge is 0.333 e. The maximum Gasteiger partial charge on any atom is 0.333 e. The second kappa shape index (κ2) is 6.88. The molecule has 14 heteroatoms. The number of nitrogens with one attached hydrogen (secondary N) is 1. The molecule has 5 N–H and O–H groups in total. The third-order valence-electron chi connectivity index (χ3n) is 3.95. The van der Waals surface area contributed by atoms with Crippen LogP contribution in [0.5, 0.6) is 0 Å². The average molecular weight is 402 g/mol. The molecule has 1 aliphatic rings. The molecule has 1 saturated heterocycles. The number of anilines is 1. The number of aromatic nitrogens is 4. The number of nitrogens with two attached hydrogens (primary N) is 1. The third kappa shape index (κ3) is 3.78. The van der Waals surface area contributed by atoms with Crippen molar-refractivity contribution in [3.63, 3.8) is 0 Å². The number of carbonyl (C=O) groups excluding carboxylic acids is 1. The number of nitrogens with zero attached hydrogens (tertiary/aromatic N) is 4. The van der Waals surface area contributed by atoms with Crippen LogP contribution in [0.3, 0.4) is 0 Å². The molecule has 1 aliphatic heterocycles. The summed E-state index contributed by atoms with van der Waals surface area (Å²) in [6.45, 7) is -0.982. The van der Waals surface area contributed by atoms with Gasteiger partial charge in [-0.15, -0.1) is 0 Å². The Balaban J connectivity index is 2.10. The van der Waals surface area contributed by atoms with Crippen molar-refractivity contribution >= 4 is 33.0 Å². The summed E-state index contributed by atoms with van der Waals surface area (Å²) < 4.78 is 31.6. The molecule has 1 amide bonds. The largest absolute Gasteiger partial charge is 0.394 e. The number of aliphatic hydroxyl groups is 2. The number of hydrogen-bond donors (Lipinski definition) is 4. The monoisotopic (exact) mass is 402 g/mol. The van der Waals surface area contributed by atoms with Crippen LogP contribution in [0.25, 0.3) is 11.2 Å². The number of imidazole rings is 1. The van der Waals surface area contributed by atoms with E-state index in [1.807, 2.05) is 0 Å². The van der Waals surface area contributed by atoms with Crippen molar-refractivity contribution in [2.75, 3.05) is 18.6 Å². The minimum absolute atomic E-state index is 0.00213. The summed E-state index contributed by atoms with van der Waals surface area (Å²) in [4.78, 5) is 32.6. The van der Waals surface area contributed by atoms with Gasteiger partial charge in [-0.1, -0.05) is 0 Å². The zero-order valence-corrected chi connectivity index (χ0v) is 15.0. The molecule has 0 aromatic carbocycles. The number of rotatable bonds is 5. The second-order valence-corrected chi connectivity index (χ2v) is 7.86. The number of hydrogen-bond acceptors (Lipinski definition) is 10. The van der Waals surface area contributed by atoms with E-state index in [-0.39, 0.29) is 30.1 Å². The summed E-state index contributed by atoms with van der Waals surface area (Å²) in [6, 6.07) is 0.